The van der Waals surface area contributed by atoms with Crippen LogP contribution in [0.25, 0.3) is 55.8 Å². The number of imidazole rings is 1. The van der Waals surface area contributed by atoms with E-state index < -0.39 is 5.82 Å². The van der Waals surface area contributed by atoms with Crippen molar-refractivity contribution in [3.8, 4) is 33.9 Å². The van der Waals surface area contributed by atoms with E-state index in [0.29, 0.717) is 57.8 Å². The van der Waals surface area contributed by atoms with Gasteiger partial charge < -0.3 is 10.3 Å². The Balaban J connectivity index is 1.24. The molecule has 0 fully saturated rings. The molecule has 0 radical (unpaired) electrons. The minimum atomic E-state index is -0.536. The molecule has 0 bridgehead atoms. The Morgan fingerprint density at radius 1 is 0.732 bits per heavy atom. The van der Waals surface area contributed by atoms with E-state index in [0.717, 1.165) is 5.56 Å². The van der Waals surface area contributed by atoms with Crippen molar-refractivity contribution >= 4 is 21.9 Å². The molecule has 41 heavy (non-hydrogen) atoms. The highest BCUT2D eigenvalue weighted by atomic mass is 19.1. The van der Waals surface area contributed by atoms with Crippen LogP contribution in [0.3, 0.4) is 0 Å². The first kappa shape index (κ1) is 24.7. The van der Waals surface area contributed by atoms with E-state index in [4.69, 9.17) is 4.98 Å². The molecular formula is C31H22F2N8. The van der Waals surface area contributed by atoms with Crippen LogP contribution in [0.5, 0.6) is 0 Å². The Bertz CT molecular complexity index is 2020. The van der Waals surface area contributed by atoms with Gasteiger partial charge in [-0.15, -0.1) is 0 Å². The second kappa shape index (κ2) is 10.3. The normalized spacial score (nSPS) is 11.5. The number of nitrogens with zero attached hydrogens (tertiary/aromatic N) is 5. The summed E-state index contributed by atoms with van der Waals surface area (Å²) in [4.78, 5) is 20.9. The van der Waals surface area contributed by atoms with Gasteiger partial charge in [0.25, 0.3) is 0 Å². The fraction of sp³-hybridized carbons (Fsp3) is 0.0645. The molecule has 0 saturated heterocycles. The summed E-state index contributed by atoms with van der Waals surface area (Å²) in [6, 6.07) is 18.2. The van der Waals surface area contributed by atoms with Gasteiger partial charge in [-0.3, -0.25) is 20.1 Å². The third-order valence-corrected chi connectivity index (χ3v) is 6.87. The lowest BCUT2D eigenvalue weighted by molar-refractivity contribution is 0.628. The largest absolute Gasteiger partial charge is 0.335 e. The molecule has 200 valence electrons. The molecule has 7 aromatic rings. The molecule has 7 rings (SSSR count). The van der Waals surface area contributed by atoms with Crippen molar-refractivity contribution in [2.24, 2.45) is 0 Å². The summed E-state index contributed by atoms with van der Waals surface area (Å²) in [5.41, 5.74) is 6.00. The van der Waals surface area contributed by atoms with E-state index in [1.165, 1.54) is 17.7 Å². The van der Waals surface area contributed by atoms with Crippen molar-refractivity contribution in [3.05, 3.63) is 114 Å². The number of hydrogen-bond acceptors (Lipinski definition) is 6. The van der Waals surface area contributed by atoms with Gasteiger partial charge in [0.15, 0.2) is 11.6 Å². The summed E-state index contributed by atoms with van der Waals surface area (Å²) < 4.78 is 30.0. The highest BCUT2D eigenvalue weighted by Crippen LogP contribution is 2.34. The lowest BCUT2D eigenvalue weighted by Gasteiger charge is -2.08. The van der Waals surface area contributed by atoms with Gasteiger partial charge in [-0.1, -0.05) is 42.5 Å². The Morgan fingerprint density at radius 3 is 2.46 bits per heavy atom. The Morgan fingerprint density at radius 2 is 1.59 bits per heavy atom. The fourth-order valence-electron chi connectivity index (χ4n) is 4.92. The number of aromatic amines is 2. The number of pyridine rings is 3. The summed E-state index contributed by atoms with van der Waals surface area (Å²) in [5.74, 6) is -0.544. The summed E-state index contributed by atoms with van der Waals surface area (Å²) >= 11 is 0. The van der Waals surface area contributed by atoms with Crippen molar-refractivity contribution < 1.29 is 8.78 Å². The van der Waals surface area contributed by atoms with Gasteiger partial charge in [0, 0.05) is 42.8 Å². The van der Waals surface area contributed by atoms with E-state index in [9.17, 15) is 4.39 Å². The first-order valence-electron chi connectivity index (χ1n) is 13.0. The minimum absolute atomic E-state index is 0.163. The minimum Gasteiger partial charge on any atom is -0.335 e. The van der Waals surface area contributed by atoms with Gasteiger partial charge in [0.05, 0.1) is 34.3 Å². The van der Waals surface area contributed by atoms with Gasteiger partial charge >= 0.3 is 0 Å². The Kier molecular flexibility index (Phi) is 6.21. The number of aromatic nitrogens is 7. The summed E-state index contributed by atoms with van der Waals surface area (Å²) in [7, 11) is 0. The van der Waals surface area contributed by atoms with Gasteiger partial charge in [0.1, 0.15) is 17.2 Å². The van der Waals surface area contributed by atoms with Crippen molar-refractivity contribution in [1.82, 2.24) is 40.4 Å². The third kappa shape index (κ3) is 4.70. The molecule has 0 unspecified atom stereocenters. The number of halogens is 2. The van der Waals surface area contributed by atoms with Crippen molar-refractivity contribution in [3.63, 3.8) is 0 Å². The highest BCUT2D eigenvalue weighted by Gasteiger charge is 2.21. The molecule has 5 heterocycles. The Hall–Kier alpha value is -5.35. The first-order valence-corrected chi connectivity index (χ1v) is 13.0. The lowest BCUT2D eigenvalue weighted by Crippen LogP contribution is -2.12. The average molecular weight is 545 g/mol. The maximum absolute atomic E-state index is 16.1. The second-order valence-corrected chi connectivity index (χ2v) is 9.63. The van der Waals surface area contributed by atoms with Gasteiger partial charge in [-0.2, -0.15) is 5.10 Å². The van der Waals surface area contributed by atoms with Crippen LogP contribution in [-0.2, 0) is 13.1 Å². The summed E-state index contributed by atoms with van der Waals surface area (Å²) in [6.45, 7) is 1.27. The standard InChI is InChI=1S/C31H22F2N8/c32-22-8-4-7-20(10-22)23-15-36-16-25-29(23)39-31(38-25)30-26-24(40-41-30)17-37-28(27(26)33)21-9-19(13-35-14-21)12-34-11-18-5-2-1-3-6-18/h1-10,13-17,34H,11-12H2,(H,38,39)(H,40,41). The number of hydrogen-bond donors (Lipinski definition) is 3. The summed E-state index contributed by atoms with van der Waals surface area (Å²) in [5, 5.41) is 10.9. The lowest BCUT2D eigenvalue weighted by atomic mass is 10.1. The molecule has 2 aromatic carbocycles. The number of rotatable bonds is 7. The number of benzene rings is 2. The molecule has 0 amide bonds. The Labute approximate surface area is 232 Å². The van der Waals surface area contributed by atoms with E-state index in [-0.39, 0.29) is 16.9 Å². The molecule has 3 N–H and O–H groups in total. The molecule has 0 aliphatic rings. The smallest absolute Gasteiger partial charge is 0.161 e. The maximum Gasteiger partial charge on any atom is 0.161 e. The van der Waals surface area contributed by atoms with Crippen LogP contribution < -0.4 is 5.32 Å². The number of fused-ring (bicyclic) bond motifs is 2. The zero-order valence-electron chi connectivity index (χ0n) is 21.6. The molecule has 0 aliphatic carbocycles. The SMILES string of the molecule is Fc1cccc(-c2cncc3[nH]c(-c4n[nH]c5cnc(-c6cncc(CNCc7ccccc7)c6)c(F)c45)nc23)c1. The molecule has 0 spiro atoms. The number of nitrogens with one attached hydrogen (secondary N) is 3. The van der Waals surface area contributed by atoms with Crippen LogP contribution in [-0.4, -0.2) is 35.1 Å². The van der Waals surface area contributed by atoms with Crippen molar-refractivity contribution in [1.29, 1.82) is 0 Å². The topological polar surface area (TPSA) is 108 Å². The van der Waals surface area contributed by atoms with Gasteiger partial charge in [-0.05, 0) is 34.9 Å². The zero-order valence-corrected chi connectivity index (χ0v) is 21.6. The average Bonchev–Trinajstić information content (AvgIpc) is 3.63. The molecule has 0 saturated carbocycles. The first-order chi connectivity index (χ1) is 20.1. The van der Waals surface area contributed by atoms with E-state index in [2.05, 4.69) is 47.6 Å². The van der Waals surface area contributed by atoms with E-state index in [1.807, 2.05) is 24.3 Å². The van der Waals surface area contributed by atoms with Crippen LogP contribution in [0.2, 0.25) is 0 Å². The molecule has 0 aliphatic heterocycles. The second-order valence-electron chi connectivity index (χ2n) is 9.63. The molecular weight excluding hydrogens is 522 g/mol. The van der Waals surface area contributed by atoms with Crippen molar-refractivity contribution in [2.75, 3.05) is 0 Å². The van der Waals surface area contributed by atoms with Crippen LogP contribution in [0.15, 0.2) is 91.6 Å². The summed E-state index contributed by atoms with van der Waals surface area (Å²) in [6.07, 6.45) is 8.14. The van der Waals surface area contributed by atoms with Gasteiger partial charge in [0.2, 0.25) is 0 Å². The van der Waals surface area contributed by atoms with E-state index >= 15 is 4.39 Å². The highest BCUT2D eigenvalue weighted by molar-refractivity contribution is 5.97. The molecule has 0 atom stereocenters. The van der Waals surface area contributed by atoms with Crippen LogP contribution in [0, 0.1) is 11.6 Å². The van der Waals surface area contributed by atoms with Gasteiger partial charge in [-0.25, -0.2) is 13.8 Å². The molecule has 10 heteroatoms. The van der Waals surface area contributed by atoms with Crippen LogP contribution in [0.4, 0.5) is 8.78 Å². The molecule has 5 aromatic heterocycles. The van der Waals surface area contributed by atoms with Crippen LogP contribution >= 0.6 is 0 Å². The fourth-order valence-corrected chi connectivity index (χ4v) is 4.92. The van der Waals surface area contributed by atoms with Crippen molar-refractivity contribution in [2.45, 2.75) is 13.1 Å². The monoisotopic (exact) mass is 544 g/mol. The zero-order chi connectivity index (χ0) is 27.8. The predicted octanol–water partition coefficient (Wildman–Crippen LogP) is 6.19. The van der Waals surface area contributed by atoms with Crippen LogP contribution in [0.1, 0.15) is 11.1 Å². The third-order valence-electron chi connectivity index (χ3n) is 6.87. The number of H-pyrrole nitrogens is 2. The van der Waals surface area contributed by atoms with E-state index in [1.54, 1.807) is 43.1 Å². The maximum atomic E-state index is 16.1. The molecule has 8 nitrogen and oxygen atoms in total. The predicted molar refractivity (Wildman–Crippen MR) is 152 cm³/mol. The quantitative estimate of drug-likeness (QED) is 0.221.